The minimum atomic E-state index is -0.124. The average Bonchev–Trinajstić information content (AvgIpc) is 2.41. The third-order valence-electron chi connectivity index (χ3n) is 4.42. The van der Waals surface area contributed by atoms with Gasteiger partial charge in [0.25, 0.3) is 0 Å². The molecule has 1 aromatic rings. The number of carbonyl (C=O) groups excluding carboxylic acids is 1. The highest BCUT2D eigenvalue weighted by Gasteiger charge is 2.37. The molecule has 2 rings (SSSR count). The first-order chi connectivity index (χ1) is 9.45. The Hall–Kier alpha value is -1.19. The summed E-state index contributed by atoms with van der Waals surface area (Å²) in [5, 5.41) is 9.27. The van der Waals surface area contributed by atoms with Crippen LogP contribution < -0.4 is 0 Å². The average molecular weight is 276 g/mol. The van der Waals surface area contributed by atoms with E-state index in [1.54, 1.807) is 6.92 Å². The number of aryl methyl sites for hydroxylation is 1. The molecule has 0 saturated carbocycles. The van der Waals surface area contributed by atoms with E-state index in [-0.39, 0.29) is 36.4 Å². The number of ketones is 1. The Labute approximate surface area is 121 Å². The van der Waals surface area contributed by atoms with Crippen LogP contribution in [0, 0.1) is 12.8 Å². The van der Waals surface area contributed by atoms with Crippen molar-refractivity contribution in [3.63, 3.8) is 0 Å². The van der Waals surface area contributed by atoms with E-state index in [0.29, 0.717) is 6.42 Å². The van der Waals surface area contributed by atoms with Crippen LogP contribution in [0.3, 0.4) is 0 Å². The summed E-state index contributed by atoms with van der Waals surface area (Å²) in [6.07, 6.45) is 0.349. The van der Waals surface area contributed by atoms with Crippen LogP contribution >= 0.6 is 0 Å². The number of aliphatic hydroxyl groups excluding tert-OH is 1. The molecule has 1 aliphatic heterocycles. The Kier molecular flexibility index (Phi) is 4.61. The molecule has 3 heteroatoms. The fourth-order valence-electron chi connectivity index (χ4n) is 3.07. The normalized spacial score (nSPS) is 26.9. The molecule has 0 fully saturated rings. The largest absolute Gasteiger partial charge is 0.396 e. The van der Waals surface area contributed by atoms with Crippen LogP contribution in [0.25, 0.3) is 0 Å². The minimum Gasteiger partial charge on any atom is -0.396 e. The fraction of sp³-hybridized carbons (Fsp3) is 0.588. The third-order valence-corrected chi connectivity index (χ3v) is 4.42. The molecular weight excluding hydrogens is 252 g/mol. The van der Waals surface area contributed by atoms with E-state index in [1.807, 2.05) is 6.92 Å². The monoisotopic (exact) mass is 276 g/mol. The standard InChI is InChI=1S/C17H24O3/c1-10-5-6-14-12(3)17(11(2)13(4)19)20-16(7-8-18)15(14)9-10/h5-6,9,11-12,16-18H,7-8H2,1-4H3/t11?,12-,16+,17-/m1/s1. The van der Waals surface area contributed by atoms with E-state index in [1.165, 1.54) is 16.7 Å². The maximum absolute atomic E-state index is 11.7. The molecule has 0 bridgehead atoms. The first-order valence-electron chi connectivity index (χ1n) is 7.33. The zero-order valence-corrected chi connectivity index (χ0v) is 12.7. The lowest BCUT2D eigenvalue weighted by molar-refractivity contribution is -0.131. The van der Waals surface area contributed by atoms with Crippen LogP contribution in [0.5, 0.6) is 0 Å². The van der Waals surface area contributed by atoms with Gasteiger partial charge in [0, 0.05) is 24.9 Å². The predicted molar refractivity (Wildman–Crippen MR) is 78.8 cm³/mol. The zero-order valence-electron chi connectivity index (χ0n) is 12.7. The summed E-state index contributed by atoms with van der Waals surface area (Å²) in [6.45, 7) is 7.82. The summed E-state index contributed by atoms with van der Waals surface area (Å²) in [7, 11) is 0. The van der Waals surface area contributed by atoms with Crippen molar-refractivity contribution in [1.82, 2.24) is 0 Å². The van der Waals surface area contributed by atoms with Gasteiger partial charge < -0.3 is 9.84 Å². The van der Waals surface area contributed by atoms with E-state index < -0.39 is 0 Å². The molecule has 110 valence electrons. The van der Waals surface area contributed by atoms with Crippen molar-refractivity contribution in [1.29, 1.82) is 0 Å². The van der Waals surface area contributed by atoms with Gasteiger partial charge in [-0.05, 0) is 25.0 Å². The Bertz CT molecular complexity index is 495. The third kappa shape index (κ3) is 2.79. The molecule has 3 nitrogen and oxygen atoms in total. The van der Waals surface area contributed by atoms with Crippen molar-refractivity contribution in [3.8, 4) is 0 Å². The predicted octanol–water partition coefficient (Wildman–Crippen LogP) is 3.15. The second kappa shape index (κ2) is 6.06. The minimum absolute atomic E-state index is 0.0909. The molecule has 0 aliphatic carbocycles. The highest BCUT2D eigenvalue weighted by Crippen LogP contribution is 2.42. The van der Waals surface area contributed by atoms with Crippen LogP contribution in [-0.4, -0.2) is 23.6 Å². The Morgan fingerprint density at radius 2 is 2.10 bits per heavy atom. The Morgan fingerprint density at radius 1 is 1.40 bits per heavy atom. The number of Topliss-reactive ketones (excluding diaryl/α,β-unsaturated/α-hetero) is 1. The summed E-state index contributed by atoms with van der Waals surface area (Å²) < 4.78 is 6.16. The van der Waals surface area contributed by atoms with E-state index in [0.717, 1.165) is 0 Å². The SMILES string of the molecule is CC(=O)C(C)[C@H]1O[C@@H](CCO)c2cc(C)ccc2[C@H]1C. The molecule has 1 aliphatic rings. The molecule has 0 aromatic heterocycles. The van der Waals surface area contributed by atoms with E-state index in [4.69, 9.17) is 4.74 Å². The van der Waals surface area contributed by atoms with Crippen molar-refractivity contribution in [2.45, 2.75) is 52.2 Å². The summed E-state index contributed by atoms with van der Waals surface area (Å²) in [5.41, 5.74) is 3.61. The number of fused-ring (bicyclic) bond motifs is 1. The van der Waals surface area contributed by atoms with Crippen molar-refractivity contribution in [2.24, 2.45) is 5.92 Å². The highest BCUT2D eigenvalue weighted by atomic mass is 16.5. The lowest BCUT2D eigenvalue weighted by Gasteiger charge is -2.39. The first kappa shape index (κ1) is 15.2. The smallest absolute Gasteiger partial charge is 0.135 e. The molecule has 1 N–H and O–H groups in total. The van der Waals surface area contributed by atoms with Gasteiger partial charge in [-0.25, -0.2) is 0 Å². The van der Waals surface area contributed by atoms with E-state index >= 15 is 0 Å². The summed E-state index contributed by atoms with van der Waals surface area (Å²) in [4.78, 5) is 11.7. The van der Waals surface area contributed by atoms with E-state index in [9.17, 15) is 9.90 Å². The molecule has 0 saturated heterocycles. The number of aliphatic hydroxyl groups is 1. The van der Waals surface area contributed by atoms with E-state index in [2.05, 4.69) is 32.0 Å². The fourth-order valence-corrected chi connectivity index (χ4v) is 3.07. The van der Waals surface area contributed by atoms with Crippen molar-refractivity contribution in [2.75, 3.05) is 6.61 Å². The highest BCUT2D eigenvalue weighted by molar-refractivity contribution is 5.78. The van der Waals surface area contributed by atoms with Gasteiger partial charge in [0.15, 0.2) is 0 Å². The van der Waals surface area contributed by atoms with Gasteiger partial charge in [0.1, 0.15) is 5.78 Å². The molecule has 1 aromatic carbocycles. The van der Waals surface area contributed by atoms with Gasteiger partial charge >= 0.3 is 0 Å². The van der Waals surface area contributed by atoms with Crippen molar-refractivity contribution < 1.29 is 14.6 Å². The van der Waals surface area contributed by atoms with Crippen molar-refractivity contribution >= 4 is 5.78 Å². The quantitative estimate of drug-likeness (QED) is 0.919. The number of carbonyl (C=O) groups is 1. The summed E-state index contributed by atoms with van der Waals surface area (Å²) >= 11 is 0. The zero-order chi connectivity index (χ0) is 14.9. The maximum atomic E-state index is 11.7. The molecule has 1 unspecified atom stereocenters. The van der Waals surface area contributed by atoms with Crippen LogP contribution in [0.2, 0.25) is 0 Å². The molecule has 1 heterocycles. The van der Waals surface area contributed by atoms with Crippen LogP contribution in [0.4, 0.5) is 0 Å². The van der Waals surface area contributed by atoms with Gasteiger partial charge in [-0.2, -0.15) is 0 Å². The molecule has 0 spiro atoms. The van der Waals surface area contributed by atoms with Crippen molar-refractivity contribution in [3.05, 3.63) is 34.9 Å². The van der Waals surface area contributed by atoms with Gasteiger partial charge in [-0.15, -0.1) is 0 Å². The second-order valence-electron chi connectivity index (χ2n) is 5.92. The number of hydrogen-bond acceptors (Lipinski definition) is 3. The van der Waals surface area contributed by atoms with Crippen LogP contribution in [0.1, 0.15) is 55.9 Å². The topological polar surface area (TPSA) is 46.5 Å². The number of ether oxygens (including phenoxy) is 1. The second-order valence-corrected chi connectivity index (χ2v) is 5.92. The van der Waals surface area contributed by atoms with Gasteiger partial charge in [0.05, 0.1) is 12.2 Å². The van der Waals surface area contributed by atoms with Gasteiger partial charge in [-0.1, -0.05) is 37.6 Å². The molecule has 0 amide bonds. The van der Waals surface area contributed by atoms with Gasteiger partial charge in [-0.3, -0.25) is 4.79 Å². The number of benzene rings is 1. The molecule has 4 atom stereocenters. The Morgan fingerprint density at radius 3 is 2.70 bits per heavy atom. The van der Waals surface area contributed by atoms with Gasteiger partial charge in [0.2, 0.25) is 0 Å². The first-order valence-corrected chi connectivity index (χ1v) is 7.33. The van der Waals surface area contributed by atoms with Crippen LogP contribution in [-0.2, 0) is 9.53 Å². The summed E-state index contributed by atoms with van der Waals surface area (Å²) in [6, 6.07) is 6.38. The number of hydrogen-bond donors (Lipinski definition) is 1. The number of rotatable bonds is 4. The molecule has 0 radical (unpaired) electrons. The Balaban J connectivity index is 2.40. The summed E-state index contributed by atoms with van der Waals surface area (Å²) in [5.74, 6) is 0.222. The lowest BCUT2D eigenvalue weighted by atomic mass is 9.79. The maximum Gasteiger partial charge on any atom is 0.135 e. The van der Waals surface area contributed by atoms with Crippen LogP contribution in [0.15, 0.2) is 18.2 Å². The lowest BCUT2D eigenvalue weighted by Crippen LogP contribution is -2.37. The molecular formula is C17H24O3. The molecule has 20 heavy (non-hydrogen) atoms.